The third kappa shape index (κ3) is 12.5. The number of piperazine rings is 1. The summed E-state index contributed by atoms with van der Waals surface area (Å²) in [5.41, 5.74) is 0.126. The van der Waals surface area contributed by atoms with Crippen molar-refractivity contribution in [2.75, 3.05) is 26.2 Å². The number of amides is 2. The fraction of sp³-hybridized carbons (Fsp3) is 0.571. The number of rotatable bonds is 13. The van der Waals surface area contributed by atoms with Gasteiger partial charge >= 0.3 is 18.1 Å². The van der Waals surface area contributed by atoms with Crippen molar-refractivity contribution < 1.29 is 41.8 Å². The molecule has 5 atom stereocenters. The zero-order chi connectivity index (χ0) is 39.2. The van der Waals surface area contributed by atoms with E-state index in [-0.39, 0.29) is 19.6 Å². The van der Waals surface area contributed by atoms with E-state index in [0.717, 1.165) is 5.39 Å². The van der Waals surface area contributed by atoms with E-state index >= 15 is 0 Å². The first-order valence-corrected chi connectivity index (χ1v) is 17.8. The molecule has 2 amide bonds. The van der Waals surface area contributed by atoms with Gasteiger partial charge in [0.1, 0.15) is 30.8 Å². The van der Waals surface area contributed by atoms with Crippen LogP contribution in [0, 0.1) is 11.3 Å². The van der Waals surface area contributed by atoms with Gasteiger partial charge in [0.25, 0.3) is 0 Å². The number of aromatic nitrogens is 1. The van der Waals surface area contributed by atoms with E-state index in [9.17, 15) is 32.3 Å². The van der Waals surface area contributed by atoms with E-state index < -0.39 is 81.9 Å². The Morgan fingerprint density at radius 1 is 1.08 bits per heavy atom. The predicted octanol–water partition coefficient (Wildman–Crippen LogP) is 5.66. The summed E-state index contributed by atoms with van der Waals surface area (Å²) < 4.78 is 52.5. The first-order chi connectivity index (χ1) is 24.0. The highest BCUT2D eigenvalue weighted by Gasteiger charge is 2.50. The normalized spacial score (nSPS) is 18.2. The van der Waals surface area contributed by atoms with Crippen LogP contribution in [-0.4, -0.2) is 94.0 Å². The second-order valence-corrected chi connectivity index (χ2v) is 16.2. The van der Waals surface area contributed by atoms with Crippen molar-refractivity contribution in [1.29, 1.82) is 0 Å². The van der Waals surface area contributed by atoms with Crippen LogP contribution in [0.2, 0.25) is 0 Å². The highest BCUT2D eigenvalue weighted by molar-refractivity contribution is 6.67. The van der Waals surface area contributed by atoms with Gasteiger partial charge in [-0.05, 0) is 37.5 Å². The largest absolute Gasteiger partial charge is 0.460 e. The predicted molar refractivity (Wildman–Crippen MR) is 194 cm³/mol. The van der Waals surface area contributed by atoms with Gasteiger partial charge in [-0.2, -0.15) is 13.2 Å². The Balaban J connectivity index is 1.74. The Labute approximate surface area is 316 Å². The first kappa shape index (κ1) is 43.2. The molecule has 0 bridgehead atoms. The lowest BCUT2D eigenvalue weighted by atomic mass is 9.82. The molecule has 0 saturated carbocycles. The molecule has 3 rings (SSSR count). The van der Waals surface area contributed by atoms with E-state index in [2.05, 4.69) is 20.9 Å². The fourth-order valence-corrected chi connectivity index (χ4v) is 5.84. The van der Waals surface area contributed by atoms with Gasteiger partial charge in [0.15, 0.2) is 0 Å². The minimum Gasteiger partial charge on any atom is -0.460 e. The molecule has 1 fully saturated rings. The molecular weight excluding hydrogens is 750 g/mol. The smallest absolute Gasteiger partial charge is 0.404 e. The second kappa shape index (κ2) is 17.8. The number of alkyl halides is 6. The summed E-state index contributed by atoms with van der Waals surface area (Å²) in [6, 6.07) is 3.28. The molecule has 52 heavy (non-hydrogen) atoms. The highest BCUT2D eigenvalue weighted by atomic mass is 35.6. The summed E-state index contributed by atoms with van der Waals surface area (Å²) >= 11 is 16.9. The van der Waals surface area contributed by atoms with Crippen LogP contribution in [0.15, 0.2) is 36.4 Å². The van der Waals surface area contributed by atoms with Crippen LogP contribution < -0.4 is 16.0 Å². The number of esters is 2. The van der Waals surface area contributed by atoms with Gasteiger partial charge < -0.3 is 25.0 Å². The summed E-state index contributed by atoms with van der Waals surface area (Å²) in [4.78, 5) is 56.5. The quantitative estimate of drug-likeness (QED) is 0.173. The second-order valence-electron chi connectivity index (χ2n) is 13.7. The van der Waals surface area contributed by atoms with Crippen molar-refractivity contribution in [2.24, 2.45) is 11.3 Å². The summed E-state index contributed by atoms with van der Waals surface area (Å²) in [7, 11) is 0. The van der Waals surface area contributed by atoms with Crippen LogP contribution in [0.5, 0.6) is 0 Å². The molecule has 0 aliphatic carbocycles. The van der Waals surface area contributed by atoms with Crippen LogP contribution in [0.4, 0.5) is 13.2 Å². The van der Waals surface area contributed by atoms with Gasteiger partial charge in [0.05, 0.1) is 17.3 Å². The number of pyridine rings is 1. The Morgan fingerprint density at radius 3 is 2.33 bits per heavy atom. The minimum absolute atomic E-state index is 0.0951. The summed E-state index contributed by atoms with van der Waals surface area (Å²) in [5.74, 6) is -3.12. The van der Waals surface area contributed by atoms with Crippen molar-refractivity contribution >= 4 is 75.5 Å². The van der Waals surface area contributed by atoms with Crippen LogP contribution in [0.25, 0.3) is 17.0 Å². The molecule has 1 aliphatic rings. The SMILES string of the molecule is CC(=O)O[C@H](C)c1ccc2ccc(/C=C/C(C)(C)[C@H](N[C@H](C(=O)N[C@@H](C)C(=O)N3CCN[C@H](C(=O)OCC(Cl)(Cl)Cl)C3)C(C)C)C(F)(F)F)cc2n1. The Bertz CT molecular complexity index is 1640. The zero-order valence-corrected chi connectivity index (χ0v) is 32.2. The molecule has 1 aromatic carbocycles. The molecule has 1 aromatic heterocycles. The number of nitrogens with zero attached hydrogens (tertiary/aromatic N) is 2. The lowest BCUT2D eigenvalue weighted by molar-refractivity contribution is -0.177. The van der Waals surface area contributed by atoms with Gasteiger partial charge in [-0.3, -0.25) is 24.5 Å². The Hall–Kier alpha value is -3.17. The molecule has 0 radical (unpaired) electrons. The molecule has 1 saturated heterocycles. The van der Waals surface area contributed by atoms with Crippen molar-refractivity contribution in [2.45, 2.75) is 88.7 Å². The van der Waals surface area contributed by atoms with Crippen molar-refractivity contribution in [3.05, 3.63) is 47.7 Å². The number of halogens is 6. The van der Waals surface area contributed by atoms with E-state index in [1.54, 1.807) is 51.1 Å². The summed E-state index contributed by atoms with van der Waals surface area (Å²) in [6.45, 7) is 10.3. The molecule has 2 aromatic rings. The third-order valence-corrected chi connectivity index (χ3v) is 8.78. The number of hydrogen-bond donors (Lipinski definition) is 3. The van der Waals surface area contributed by atoms with E-state index in [4.69, 9.17) is 44.3 Å². The first-order valence-electron chi connectivity index (χ1n) is 16.6. The van der Waals surface area contributed by atoms with Gasteiger partial charge in [-0.1, -0.05) is 92.8 Å². The molecule has 288 valence electrons. The molecule has 0 unspecified atom stereocenters. The maximum atomic E-state index is 14.7. The average Bonchev–Trinajstić information content (AvgIpc) is 3.04. The number of benzene rings is 1. The van der Waals surface area contributed by atoms with Crippen LogP contribution >= 0.6 is 34.8 Å². The average molecular weight is 795 g/mol. The van der Waals surface area contributed by atoms with Crippen LogP contribution in [0.1, 0.15) is 65.8 Å². The van der Waals surface area contributed by atoms with Crippen LogP contribution in [0.3, 0.4) is 0 Å². The molecule has 1 aliphatic heterocycles. The van der Waals surface area contributed by atoms with Gasteiger partial charge in [-0.15, -0.1) is 0 Å². The highest BCUT2D eigenvalue weighted by Crippen LogP contribution is 2.36. The van der Waals surface area contributed by atoms with Gasteiger partial charge in [0, 0.05) is 37.4 Å². The van der Waals surface area contributed by atoms with Crippen molar-refractivity contribution in [3.8, 4) is 0 Å². The van der Waals surface area contributed by atoms with Gasteiger partial charge in [0.2, 0.25) is 15.6 Å². The number of carbonyl (C=O) groups excluding carboxylic acids is 4. The lowest BCUT2D eigenvalue weighted by Gasteiger charge is -2.38. The number of carbonyl (C=O) groups is 4. The number of nitrogens with one attached hydrogen (secondary N) is 3. The molecular formula is C35H45Cl3F3N5O6. The maximum absolute atomic E-state index is 14.7. The molecule has 0 spiro atoms. The zero-order valence-electron chi connectivity index (χ0n) is 29.9. The van der Waals surface area contributed by atoms with E-state index in [1.807, 2.05) is 6.07 Å². The summed E-state index contributed by atoms with van der Waals surface area (Å²) in [6.07, 6.45) is -2.37. The van der Waals surface area contributed by atoms with Crippen molar-refractivity contribution in [1.82, 2.24) is 25.8 Å². The number of hydrogen-bond acceptors (Lipinski definition) is 9. The summed E-state index contributed by atoms with van der Waals surface area (Å²) in [5, 5.41) is 8.80. The third-order valence-electron chi connectivity index (χ3n) is 8.45. The number of fused-ring (bicyclic) bond motifs is 1. The van der Waals surface area contributed by atoms with Crippen LogP contribution in [-0.2, 0) is 28.7 Å². The molecule has 3 N–H and O–H groups in total. The number of ether oxygens (including phenoxy) is 2. The Morgan fingerprint density at radius 2 is 1.73 bits per heavy atom. The fourth-order valence-electron chi connectivity index (χ4n) is 5.68. The Kier molecular flexibility index (Phi) is 14.8. The topological polar surface area (TPSA) is 139 Å². The van der Waals surface area contributed by atoms with Crippen molar-refractivity contribution in [3.63, 3.8) is 0 Å². The molecule has 17 heteroatoms. The van der Waals surface area contributed by atoms with E-state index in [0.29, 0.717) is 16.8 Å². The lowest BCUT2D eigenvalue weighted by Crippen LogP contribution is -2.62. The van der Waals surface area contributed by atoms with E-state index in [1.165, 1.54) is 38.7 Å². The maximum Gasteiger partial charge on any atom is 0.404 e. The minimum atomic E-state index is -4.77. The van der Waals surface area contributed by atoms with Gasteiger partial charge in [-0.25, -0.2) is 4.98 Å². The molecule has 2 heterocycles. The standard InChI is InChI=1S/C35H45Cl3F3N5O6/c1-19(2)28(29(48)43-20(3)30(49)46-15-14-42-27(17-46)31(50)51-18-34(36,37)38)45-32(35(39,40)41)33(6,7)13-12-23-8-9-24-10-11-25(44-26(24)16-23)21(4)52-22(5)47/h8-13,16,19-21,27-28,32,42,45H,14-15,17-18H2,1-7H3,(H,43,48)/b13-12+/t20-,21+,27-,28-,32-/m0/s1. The molecule has 11 nitrogen and oxygen atoms in total. The monoisotopic (exact) mass is 793 g/mol.